The minimum absolute atomic E-state index is 0.640. The van der Waals surface area contributed by atoms with E-state index < -0.39 is 0 Å². The number of anilines is 2. The summed E-state index contributed by atoms with van der Waals surface area (Å²) >= 11 is 0. The van der Waals surface area contributed by atoms with Gasteiger partial charge in [-0.1, -0.05) is 18.2 Å². The molecule has 0 radical (unpaired) electrons. The Morgan fingerprint density at radius 1 is 1.05 bits per heavy atom. The van der Waals surface area contributed by atoms with E-state index >= 15 is 0 Å². The summed E-state index contributed by atoms with van der Waals surface area (Å²) in [7, 11) is 3.97. The number of aromatic nitrogens is 3. The van der Waals surface area contributed by atoms with Crippen molar-refractivity contribution < 1.29 is 0 Å². The molecule has 0 fully saturated rings. The van der Waals surface area contributed by atoms with Crippen molar-refractivity contribution >= 4 is 22.8 Å². The molecule has 0 aliphatic rings. The van der Waals surface area contributed by atoms with Gasteiger partial charge in [-0.3, -0.25) is 0 Å². The van der Waals surface area contributed by atoms with Crippen LogP contribution in [0.3, 0.4) is 0 Å². The van der Waals surface area contributed by atoms with Crippen LogP contribution in [0.5, 0.6) is 0 Å². The highest BCUT2D eigenvalue weighted by molar-refractivity contribution is 5.77. The molecular weight excluding hydrogens is 250 g/mol. The number of nitrogens with zero attached hydrogens (tertiary/aromatic N) is 3. The molecule has 5 heteroatoms. The van der Waals surface area contributed by atoms with Gasteiger partial charge in [-0.15, -0.1) is 0 Å². The zero-order chi connectivity index (χ0) is 13.9. The van der Waals surface area contributed by atoms with Gasteiger partial charge in [0.05, 0.1) is 23.3 Å². The van der Waals surface area contributed by atoms with Crippen LogP contribution in [0.2, 0.25) is 0 Å². The number of hydrogen-bond donors (Lipinski definition) is 2. The molecule has 1 aromatic carbocycles. The Bertz CT molecular complexity index is 684. The van der Waals surface area contributed by atoms with Crippen molar-refractivity contribution in [3.8, 4) is 0 Å². The number of rotatable bonds is 4. The summed E-state index contributed by atoms with van der Waals surface area (Å²) in [6.07, 6.45) is 0. The standard InChI is InChI=1S/C15H17N5/c1-20(2)14-9-5-6-11(17-14)10-16-15-18-12-7-3-4-8-13(12)19-15/h3-9H,10H2,1-2H3,(H2,16,18,19). The Hall–Kier alpha value is -2.56. The molecule has 5 nitrogen and oxygen atoms in total. The van der Waals surface area contributed by atoms with Crippen LogP contribution in [0, 0.1) is 0 Å². The number of pyridine rings is 1. The largest absolute Gasteiger partial charge is 0.363 e. The van der Waals surface area contributed by atoms with Gasteiger partial charge < -0.3 is 15.2 Å². The van der Waals surface area contributed by atoms with Crippen molar-refractivity contribution in [1.29, 1.82) is 0 Å². The van der Waals surface area contributed by atoms with Crippen LogP contribution >= 0.6 is 0 Å². The maximum Gasteiger partial charge on any atom is 0.201 e. The minimum atomic E-state index is 0.640. The highest BCUT2D eigenvalue weighted by Gasteiger charge is 2.03. The lowest BCUT2D eigenvalue weighted by molar-refractivity contribution is 0.984. The molecule has 0 bridgehead atoms. The van der Waals surface area contributed by atoms with Crippen molar-refractivity contribution in [2.45, 2.75) is 6.54 Å². The van der Waals surface area contributed by atoms with Crippen molar-refractivity contribution in [2.75, 3.05) is 24.3 Å². The normalized spacial score (nSPS) is 10.7. The number of aromatic amines is 1. The molecule has 0 saturated carbocycles. The van der Waals surface area contributed by atoms with E-state index in [2.05, 4.69) is 20.3 Å². The number of hydrogen-bond acceptors (Lipinski definition) is 4. The van der Waals surface area contributed by atoms with E-state index in [1.807, 2.05) is 61.5 Å². The van der Waals surface area contributed by atoms with Gasteiger partial charge in [0.1, 0.15) is 5.82 Å². The Morgan fingerprint density at radius 3 is 2.70 bits per heavy atom. The van der Waals surface area contributed by atoms with Gasteiger partial charge in [-0.25, -0.2) is 9.97 Å². The van der Waals surface area contributed by atoms with Gasteiger partial charge in [0.2, 0.25) is 5.95 Å². The van der Waals surface area contributed by atoms with Gasteiger partial charge in [-0.2, -0.15) is 0 Å². The third-order valence-corrected chi connectivity index (χ3v) is 3.08. The first-order chi connectivity index (χ1) is 9.72. The fourth-order valence-electron chi connectivity index (χ4n) is 2.03. The SMILES string of the molecule is CN(C)c1cccc(CNc2nc3ccccc3[nH]2)n1. The number of H-pyrrole nitrogens is 1. The maximum absolute atomic E-state index is 4.56. The molecule has 102 valence electrons. The van der Waals surface area contributed by atoms with E-state index in [-0.39, 0.29) is 0 Å². The van der Waals surface area contributed by atoms with Crippen molar-refractivity contribution in [2.24, 2.45) is 0 Å². The van der Waals surface area contributed by atoms with Crippen LogP contribution in [0.1, 0.15) is 5.69 Å². The van der Waals surface area contributed by atoms with Crippen LogP contribution in [0.25, 0.3) is 11.0 Å². The van der Waals surface area contributed by atoms with Gasteiger partial charge in [-0.05, 0) is 24.3 Å². The molecule has 3 rings (SSSR count). The second kappa shape index (κ2) is 5.21. The molecule has 0 atom stereocenters. The fraction of sp³-hybridized carbons (Fsp3) is 0.200. The number of nitrogens with one attached hydrogen (secondary N) is 2. The highest BCUT2D eigenvalue weighted by Crippen LogP contribution is 2.14. The van der Waals surface area contributed by atoms with Crippen LogP contribution in [-0.2, 0) is 6.54 Å². The smallest absolute Gasteiger partial charge is 0.201 e. The lowest BCUT2D eigenvalue weighted by Crippen LogP contribution is -2.12. The molecule has 0 spiro atoms. The van der Waals surface area contributed by atoms with E-state index in [9.17, 15) is 0 Å². The predicted molar refractivity (Wildman–Crippen MR) is 82.0 cm³/mol. The first-order valence-corrected chi connectivity index (χ1v) is 6.54. The van der Waals surface area contributed by atoms with E-state index in [1.165, 1.54) is 0 Å². The van der Waals surface area contributed by atoms with Crippen LogP contribution in [-0.4, -0.2) is 29.0 Å². The lowest BCUT2D eigenvalue weighted by Gasteiger charge is -2.12. The Morgan fingerprint density at radius 2 is 1.90 bits per heavy atom. The van der Waals surface area contributed by atoms with Crippen LogP contribution in [0.4, 0.5) is 11.8 Å². The van der Waals surface area contributed by atoms with Gasteiger partial charge in [0.25, 0.3) is 0 Å². The molecule has 0 saturated heterocycles. The summed E-state index contributed by atoms with van der Waals surface area (Å²) in [5.74, 6) is 1.72. The number of para-hydroxylation sites is 2. The summed E-state index contributed by atoms with van der Waals surface area (Å²) in [5.41, 5.74) is 2.98. The lowest BCUT2D eigenvalue weighted by atomic mass is 10.3. The Kier molecular flexibility index (Phi) is 3.25. The quantitative estimate of drug-likeness (QED) is 0.763. The molecular formula is C15H17N5. The number of fused-ring (bicyclic) bond motifs is 1. The average molecular weight is 267 g/mol. The summed E-state index contributed by atoms with van der Waals surface area (Å²) in [5, 5.41) is 3.27. The highest BCUT2D eigenvalue weighted by atomic mass is 15.1. The first-order valence-electron chi connectivity index (χ1n) is 6.54. The molecule has 2 aromatic heterocycles. The summed E-state index contributed by atoms with van der Waals surface area (Å²) < 4.78 is 0. The van der Waals surface area contributed by atoms with Crippen molar-refractivity contribution in [3.05, 3.63) is 48.2 Å². The first kappa shape index (κ1) is 12.5. The van der Waals surface area contributed by atoms with E-state index in [0.717, 1.165) is 28.5 Å². The maximum atomic E-state index is 4.56. The average Bonchev–Trinajstić information content (AvgIpc) is 2.88. The van der Waals surface area contributed by atoms with Crippen LogP contribution in [0.15, 0.2) is 42.5 Å². The third-order valence-electron chi connectivity index (χ3n) is 3.08. The second-order valence-electron chi connectivity index (χ2n) is 4.84. The second-order valence-corrected chi connectivity index (χ2v) is 4.84. The Balaban J connectivity index is 1.74. The summed E-state index contributed by atoms with van der Waals surface area (Å²) in [6, 6.07) is 14.0. The van der Waals surface area contributed by atoms with E-state index in [1.54, 1.807) is 0 Å². The molecule has 3 aromatic rings. The third kappa shape index (κ3) is 2.56. The number of benzene rings is 1. The van der Waals surface area contributed by atoms with Crippen molar-refractivity contribution in [1.82, 2.24) is 15.0 Å². The molecule has 0 amide bonds. The monoisotopic (exact) mass is 267 g/mol. The van der Waals surface area contributed by atoms with E-state index in [0.29, 0.717) is 6.54 Å². The van der Waals surface area contributed by atoms with Gasteiger partial charge >= 0.3 is 0 Å². The number of imidazole rings is 1. The molecule has 0 unspecified atom stereocenters. The van der Waals surface area contributed by atoms with Gasteiger partial charge in [0, 0.05) is 14.1 Å². The molecule has 0 aliphatic heterocycles. The zero-order valence-electron chi connectivity index (χ0n) is 11.6. The molecule has 20 heavy (non-hydrogen) atoms. The zero-order valence-corrected chi connectivity index (χ0v) is 11.6. The van der Waals surface area contributed by atoms with E-state index in [4.69, 9.17) is 0 Å². The topological polar surface area (TPSA) is 56.8 Å². The molecule has 2 heterocycles. The fourth-order valence-corrected chi connectivity index (χ4v) is 2.03. The van der Waals surface area contributed by atoms with Gasteiger partial charge in [0.15, 0.2) is 0 Å². The molecule has 2 N–H and O–H groups in total. The molecule has 0 aliphatic carbocycles. The summed E-state index contributed by atoms with van der Waals surface area (Å²) in [4.78, 5) is 14.3. The summed E-state index contributed by atoms with van der Waals surface area (Å²) in [6.45, 7) is 0.640. The minimum Gasteiger partial charge on any atom is -0.363 e. The predicted octanol–water partition coefficient (Wildman–Crippen LogP) is 2.64. The van der Waals surface area contributed by atoms with Crippen LogP contribution < -0.4 is 10.2 Å². The Labute approximate surface area is 117 Å². The van der Waals surface area contributed by atoms with Crippen molar-refractivity contribution in [3.63, 3.8) is 0 Å².